The molecule has 0 heterocycles. The van der Waals surface area contributed by atoms with Crippen LogP contribution in [0.15, 0.2) is 24.3 Å². The lowest BCUT2D eigenvalue weighted by molar-refractivity contribution is 0.368. The molecule has 94 valence electrons. The molecule has 2 aliphatic carbocycles. The number of hydrogen-bond acceptors (Lipinski definition) is 3. The zero-order valence-corrected chi connectivity index (χ0v) is 10.6. The molecule has 1 N–H and O–H groups in total. The molecule has 3 rings (SSSR count). The fourth-order valence-electron chi connectivity index (χ4n) is 3.58. The van der Waals surface area contributed by atoms with E-state index in [9.17, 15) is 5.26 Å². The van der Waals surface area contributed by atoms with Gasteiger partial charge in [0.05, 0.1) is 13.2 Å². The Hall–Kier alpha value is -1.69. The number of hydrogen-bond donors (Lipinski definition) is 1. The van der Waals surface area contributed by atoms with Gasteiger partial charge in [-0.3, -0.25) is 0 Å². The maximum atomic E-state index is 9.56. The van der Waals surface area contributed by atoms with Gasteiger partial charge in [0.25, 0.3) is 0 Å². The number of nitrogens with one attached hydrogen (secondary N) is 1. The number of ether oxygens (including phenoxy) is 1. The summed E-state index contributed by atoms with van der Waals surface area (Å²) < 4.78 is 5.15. The normalized spacial score (nSPS) is 33.1. The summed E-state index contributed by atoms with van der Waals surface area (Å²) in [4.78, 5) is 0. The van der Waals surface area contributed by atoms with Gasteiger partial charge in [-0.25, -0.2) is 0 Å². The summed E-state index contributed by atoms with van der Waals surface area (Å²) >= 11 is 0. The predicted molar refractivity (Wildman–Crippen MR) is 70.4 cm³/mol. The third-order valence-corrected chi connectivity index (χ3v) is 4.51. The van der Waals surface area contributed by atoms with Crippen LogP contribution in [0.2, 0.25) is 0 Å². The summed E-state index contributed by atoms with van der Waals surface area (Å²) in [6.45, 7) is 0. The van der Waals surface area contributed by atoms with Gasteiger partial charge in [-0.05, 0) is 61.8 Å². The molecule has 1 aromatic carbocycles. The molecule has 0 saturated heterocycles. The van der Waals surface area contributed by atoms with Crippen LogP contribution in [0, 0.1) is 23.2 Å². The van der Waals surface area contributed by atoms with Crippen LogP contribution in [0.25, 0.3) is 0 Å². The second-order valence-corrected chi connectivity index (χ2v) is 5.52. The van der Waals surface area contributed by atoms with Crippen LogP contribution in [0.4, 0.5) is 5.69 Å². The topological polar surface area (TPSA) is 45.0 Å². The van der Waals surface area contributed by atoms with Crippen LogP contribution in [0.5, 0.6) is 5.75 Å². The third kappa shape index (κ3) is 1.73. The predicted octanol–water partition coefficient (Wildman–Crippen LogP) is 3.19. The molecule has 0 aliphatic heterocycles. The zero-order chi connectivity index (χ0) is 12.6. The Morgan fingerprint density at radius 1 is 1.33 bits per heavy atom. The lowest BCUT2D eigenvalue weighted by atomic mass is 9.82. The van der Waals surface area contributed by atoms with E-state index in [2.05, 4.69) is 11.4 Å². The van der Waals surface area contributed by atoms with Crippen molar-refractivity contribution in [3.05, 3.63) is 24.3 Å². The van der Waals surface area contributed by atoms with Crippen LogP contribution < -0.4 is 10.1 Å². The second-order valence-electron chi connectivity index (χ2n) is 5.52. The first-order chi connectivity index (χ1) is 8.75. The molecule has 18 heavy (non-hydrogen) atoms. The Bertz CT molecular complexity index is 476. The molecule has 0 amide bonds. The van der Waals surface area contributed by atoms with E-state index in [4.69, 9.17) is 4.74 Å². The van der Waals surface area contributed by atoms with Gasteiger partial charge >= 0.3 is 0 Å². The maximum Gasteiger partial charge on any atom is 0.128 e. The molecule has 3 heteroatoms. The highest BCUT2D eigenvalue weighted by atomic mass is 16.5. The van der Waals surface area contributed by atoms with Crippen LogP contribution >= 0.6 is 0 Å². The van der Waals surface area contributed by atoms with Crippen LogP contribution in [-0.2, 0) is 0 Å². The van der Waals surface area contributed by atoms with E-state index in [0.717, 1.165) is 23.8 Å². The maximum absolute atomic E-state index is 9.56. The molecule has 2 fully saturated rings. The first-order valence-electron chi connectivity index (χ1n) is 6.59. The highest BCUT2D eigenvalue weighted by molar-refractivity contribution is 5.51. The Labute approximate surface area is 108 Å². The summed E-state index contributed by atoms with van der Waals surface area (Å²) in [5.41, 5.74) is 0.683. The van der Waals surface area contributed by atoms with E-state index in [0.29, 0.717) is 5.92 Å². The average molecular weight is 242 g/mol. The van der Waals surface area contributed by atoms with Crippen molar-refractivity contribution < 1.29 is 4.74 Å². The van der Waals surface area contributed by atoms with Crippen molar-refractivity contribution in [1.29, 1.82) is 5.26 Å². The smallest absolute Gasteiger partial charge is 0.128 e. The highest BCUT2D eigenvalue weighted by Gasteiger charge is 2.51. The SMILES string of the molecule is COc1ccc(NC2(C#N)CC3CCC2C3)cc1. The number of anilines is 1. The minimum atomic E-state index is -0.336. The van der Waals surface area contributed by atoms with E-state index in [1.54, 1.807) is 7.11 Å². The van der Waals surface area contributed by atoms with E-state index >= 15 is 0 Å². The van der Waals surface area contributed by atoms with Crippen molar-refractivity contribution in [3.63, 3.8) is 0 Å². The molecule has 2 saturated carbocycles. The lowest BCUT2D eigenvalue weighted by Gasteiger charge is -2.33. The first-order valence-corrected chi connectivity index (χ1v) is 6.59. The summed E-state index contributed by atoms with van der Waals surface area (Å²) in [7, 11) is 1.66. The molecule has 2 bridgehead atoms. The molecule has 0 radical (unpaired) electrons. The van der Waals surface area contributed by atoms with Gasteiger partial charge in [0, 0.05) is 5.69 Å². The Morgan fingerprint density at radius 3 is 2.61 bits per heavy atom. The average Bonchev–Trinajstić information content (AvgIpc) is 3.00. The molecule has 0 spiro atoms. The Balaban J connectivity index is 1.80. The second kappa shape index (κ2) is 4.20. The van der Waals surface area contributed by atoms with Crippen molar-refractivity contribution in [3.8, 4) is 11.8 Å². The first kappa shape index (κ1) is 11.4. The van der Waals surface area contributed by atoms with Gasteiger partial charge in [0.15, 0.2) is 0 Å². The number of rotatable bonds is 3. The Kier molecular flexibility index (Phi) is 2.66. The van der Waals surface area contributed by atoms with Crippen molar-refractivity contribution in [1.82, 2.24) is 0 Å². The quantitative estimate of drug-likeness (QED) is 0.885. The van der Waals surface area contributed by atoms with Gasteiger partial charge in [0.1, 0.15) is 11.3 Å². The van der Waals surface area contributed by atoms with Gasteiger partial charge in [0.2, 0.25) is 0 Å². The van der Waals surface area contributed by atoms with Crippen molar-refractivity contribution in [2.75, 3.05) is 12.4 Å². The van der Waals surface area contributed by atoms with Crippen LogP contribution in [-0.4, -0.2) is 12.6 Å². The van der Waals surface area contributed by atoms with E-state index < -0.39 is 0 Å². The number of nitrogens with zero attached hydrogens (tertiary/aromatic N) is 1. The van der Waals surface area contributed by atoms with E-state index in [1.165, 1.54) is 19.3 Å². The molecule has 3 nitrogen and oxygen atoms in total. The minimum Gasteiger partial charge on any atom is -0.497 e. The molecular formula is C15H18N2O. The summed E-state index contributed by atoms with van der Waals surface area (Å²) in [5, 5.41) is 13.0. The number of methoxy groups -OCH3 is 1. The highest BCUT2D eigenvalue weighted by Crippen LogP contribution is 2.51. The third-order valence-electron chi connectivity index (χ3n) is 4.51. The van der Waals surface area contributed by atoms with Crippen molar-refractivity contribution in [2.45, 2.75) is 31.2 Å². The minimum absolute atomic E-state index is 0.336. The van der Waals surface area contributed by atoms with Crippen molar-refractivity contribution >= 4 is 5.69 Å². The molecule has 3 atom stereocenters. The summed E-state index contributed by atoms with van der Waals surface area (Å²) in [6, 6.07) is 10.4. The van der Waals surface area contributed by atoms with Gasteiger partial charge < -0.3 is 10.1 Å². The molecule has 0 aromatic heterocycles. The zero-order valence-electron chi connectivity index (χ0n) is 10.6. The van der Waals surface area contributed by atoms with Gasteiger partial charge in [-0.15, -0.1) is 0 Å². The molecular weight excluding hydrogens is 224 g/mol. The number of nitriles is 1. The van der Waals surface area contributed by atoms with Crippen LogP contribution in [0.1, 0.15) is 25.7 Å². The Morgan fingerprint density at radius 2 is 2.11 bits per heavy atom. The molecule has 3 unspecified atom stereocenters. The fraction of sp³-hybridized carbons (Fsp3) is 0.533. The monoisotopic (exact) mass is 242 g/mol. The van der Waals surface area contributed by atoms with Gasteiger partial charge in [-0.2, -0.15) is 5.26 Å². The standard InChI is InChI=1S/C15H18N2O/c1-18-14-6-4-13(5-7-14)17-15(10-16)9-11-2-3-12(15)8-11/h4-7,11-12,17H,2-3,8-9H2,1H3. The van der Waals surface area contributed by atoms with E-state index in [1.807, 2.05) is 24.3 Å². The number of benzene rings is 1. The summed E-state index contributed by atoms with van der Waals surface area (Å²) in [6.07, 6.45) is 4.72. The van der Waals surface area contributed by atoms with Gasteiger partial charge in [-0.1, -0.05) is 0 Å². The van der Waals surface area contributed by atoms with Crippen LogP contribution in [0.3, 0.4) is 0 Å². The lowest BCUT2D eigenvalue weighted by Crippen LogP contribution is -2.41. The van der Waals surface area contributed by atoms with E-state index in [-0.39, 0.29) is 5.54 Å². The van der Waals surface area contributed by atoms with Crippen molar-refractivity contribution in [2.24, 2.45) is 11.8 Å². The largest absolute Gasteiger partial charge is 0.497 e. The molecule has 2 aliphatic rings. The molecule has 1 aromatic rings. The summed E-state index contributed by atoms with van der Waals surface area (Å²) in [5.74, 6) is 2.12. The fourth-order valence-corrected chi connectivity index (χ4v) is 3.58. The number of fused-ring (bicyclic) bond motifs is 2.